The molecule has 1 aliphatic heterocycles. The van der Waals surface area contributed by atoms with Crippen LogP contribution in [0.2, 0.25) is 10.0 Å². The van der Waals surface area contributed by atoms with Gasteiger partial charge in [-0.25, -0.2) is 0 Å². The number of aromatic nitrogens is 1. The Morgan fingerprint density at radius 2 is 1.77 bits per heavy atom. The zero-order chi connectivity index (χ0) is 21.0. The van der Waals surface area contributed by atoms with Gasteiger partial charge in [-0.15, -0.1) is 0 Å². The van der Waals surface area contributed by atoms with Crippen molar-refractivity contribution in [2.45, 2.75) is 19.1 Å². The summed E-state index contributed by atoms with van der Waals surface area (Å²) in [5.41, 5.74) is 2.18. The molecule has 150 valence electrons. The number of fused-ring (bicyclic) bond motifs is 2. The van der Waals surface area contributed by atoms with Gasteiger partial charge in [0, 0.05) is 37.8 Å². The van der Waals surface area contributed by atoms with Gasteiger partial charge in [-0.2, -0.15) is 0 Å². The number of aryl methyl sites for hydroxylation is 1. The smallest absolute Gasteiger partial charge is 0.268 e. The number of nitrogens with one attached hydrogen (secondary N) is 1. The monoisotopic (exact) mass is 436 g/mol. The van der Waals surface area contributed by atoms with Crippen molar-refractivity contribution in [2.24, 2.45) is 0 Å². The van der Waals surface area contributed by atoms with Crippen LogP contribution in [-0.4, -0.2) is 16.0 Å². The normalized spacial score (nSPS) is 18.3. The fraction of sp³-hybridized carbons (Fsp3) is 0.125. The Balaban J connectivity index is 1.74. The maximum atomic E-state index is 13.8. The lowest BCUT2D eigenvalue weighted by Gasteiger charge is -2.24. The molecule has 30 heavy (non-hydrogen) atoms. The minimum Gasteiger partial charge on any atom is -0.372 e. The molecule has 0 spiro atoms. The third-order valence-electron chi connectivity index (χ3n) is 5.74. The number of anilines is 1. The first-order valence-electron chi connectivity index (χ1n) is 9.57. The molecule has 0 unspecified atom stereocenters. The number of para-hydroxylation sites is 1. The molecule has 4 nitrogen and oxygen atoms in total. The SMILES string of the molecule is Cc1[nH]c2ccccc2c1[C@@]1(O)C(=O)N(Cc2ccccc2Cl)c2ccc(Cl)cc21. The summed E-state index contributed by atoms with van der Waals surface area (Å²) in [7, 11) is 0. The fourth-order valence-corrected chi connectivity index (χ4v) is 4.76. The maximum Gasteiger partial charge on any atom is 0.268 e. The second-order valence-electron chi connectivity index (χ2n) is 7.53. The molecule has 0 aliphatic carbocycles. The first-order chi connectivity index (χ1) is 14.4. The summed E-state index contributed by atoms with van der Waals surface area (Å²) < 4.78 is 0. The number of halogens is 2. The summed E-state index contributed by atoms with van der Waals surface area (Å²) in [5.74, 6) is -0.424. The number of hydrogen-bond acceptors (Lipinski definition) is 2. The number of benzene rings is 3. The third kappa shape index (κ3) is 2.68. The maximum absolute atomic E-state index is 13.8. The summed E-state index contributed by atoms with van der Waals surface area (Å²) in [4.78, 5) is 18.6. The molecule has 0 fully saturated rings. The number of carbonyl (C=O) groups excluding carboxylic acids is 1. The molecule has 0 saturated carbocycles. The van der Waals surface area contributed by atoms with Crippen molar-refractivity contribution >= 4 is 45.7 Å². The standard InChI is InChI=1S/C24H18Cl2N2O2/c1-14-22(17-7-3-5-9-20(17)27-14)24(30)18-12-16(25)10-11-21(18)28(23(24)29)13-15-6-2-4-8-19(15)26/h2-12,27,30H,13H2,1H3/t24-/m1/s1. The van der Waals surface area contributed by atoms with Crippen LogP contribution in [-0.2, 0) is 16.9 Å². The molecule has 0 saturated heterocycles. The number of hydrogen-bond donors (Lipinski definition) is 2. The van der Waals surface area contributed by atoms with E-state index in [9.17, 15) is 9.90 Å². The Bertz CT molecular complexity index is 1310. The average molecular weight is 437 g/mol. The lowest BCUT2D eigenvalue weighted by atomic mass is 9.85. The van der Waals surface area contributed by atoms with E-state index in [1.165, 1.54) is 0 Å². The zero-order valence-corrected chi connectivity index (χ0v) is 17.6. The van der Waals surface area contributed by atoms with Gasteiger partial charge in [0.2, 0.25) is 0 Å². The van der Waals surface area contributed by atoms with E-state index < -0.39 is 11.5 Å². The van der Waals surface area contributed by atoms with Crippen molar-refractivity contribution in [3.63, 3.8) is 0 Å². The van der Waals surface area contributed by atoms with Crippen LogP contribution >= 0.6 is 23.2 Å². The number of aromatic amines is 1. The summed E-state index contributed by atoms with van der Waals surface area (Å²) in [6.45, 7) is 2.11. The van der Waals surface area contributed by atoms with Crippen LogP contribution in [0.25, 0.3) is 10.9 Å². The number of H-pyrrole nitrogens is 1. The van der Waals surface area contributed by atoms with Gasteiger partial charge in [0.05, 0.1) is 12.2 Å². The Hall–Kier alpha value is -2.79. The van der Waals surface area contributed by atoms with Gasteiger partial charge in [0.15, 0.2) is 5.60 Å². The first-order valence-corrected chi connectivity index (χ1v) is 10.3. The number of rotatable bonds is 3. The minimum absolute atomic E-state index is 0.247. The predicted molar refractivity (Wildman–Crippen MR) is 120 cm³/mol. The van der Waals surface area contributed by atoms with Gasteiger partial charge >= 0.3 is 0 Å². The lowest BCUT2D eigenvalue weighted by Crippen LogP contribution is -2.41. The second-order valence-corrected chi connectivity index (χ2v) is 8.37. The van der Waals surface area contributed by atoms with Crippen LogP contribution in [0.5, 0.6) is 0 Å². The summed E-state index contributed by atoms with van der Waals surface area (Å²) in [6.07, 6.45) is 0. The molecule has 5 rings (SSSR count). The molecule has 2 heterocycles. The van der Waals surface area contributed by atoms with Crippen LogP contribution in [0, 0.1) is 6.92 Å². The van der Waals surface area contributed by atoms with E-state index in [-0.39, 0.29) is 6.54 Å². The summed E-state index contributed by atoms with van der Waals surface area (Å²) in [6, 6.07) is 20.2. The topological polar surface area (TPSA) is 56.3 Å². The largest absolute Gasteiger partial charge is 0.372 e. The van der Waals surface area contributed by atoms with E-state index in [0.29, 0.717) is 26.9 Å². The van der Waals surface area contributed by atoms with E-state index in [1.54, 1.807) is 29.2 Å². The van der Waals surface area contributed by atoms with E-state index in [4.69, 9.17) is 23.2 Å². The molecule has 3 aromatic carbocycles. The van der Waals surface area contributed by atoms with Gasteiger partial charge in [0.25, 0.3) is 5.91 Å². The molecular weight excluding hydrogens is 419 g/mol. The Kier molecular flexibility index (Phi) is 4.40. The second kappa shape index (κ2) is 6.88. The van der Waals surface area contributed by atoms with E-state index >= 15 is 0 Å². The van der Waals surface area contributed by atoms with E-state index in [0.717, 1.165) is 22.2 Å². The summed E-state index contributed by atoms with van der Waals surface area (Å²) >= 11 is 12.6. The summed E-state index contributed by atoms with van der Waals surface area (Å²) in [5, 5.41) is 13.8. The molecule has 1 atom stereocenters. The Labute approximate surface area is 183 Å². The van der Waals surface area contributed by atoms with Crippen LogP contribution in [0.1, 0.15) is 22.4 Å². The van der Waals surface area contributed by atoms with Gasteiger partial charge in [-0.1, -0.05) is 59.6 Å². The third-order valence-corrected chi connectivity index (χ3v) is 6.34. The van der Waals surface area contributed by atoms with Crippen LogP contribution in [0.15, 0.2) is 66.7 Å². The van der Waals surface area contributed by atoms with Crippen molar-refractivity contribution in [2.75, 3.05) is 4.90 Å². The van der Waals surface area contributed by atoms with Crippen LogP contribution < -0.4 is 4.90 Å². The predicted octanol–water partition coefficient (Wildman–Crippen LogP) is 5.57. The van der Waals surface area contributed by atoms with E-state index in [1.807, 2.05) is 49.4 Å². The number of carbonyl (C=O) groups is 1. The van der Waals surface area contributed by atoms with Gasteiger partial charge in [-0.3, -0.25) is 4.79 Å². The first kappa shape index (κ1) is 19.2. The lowest BCUT2D eigenvalue weighted by molar-refractivity contribution is -0.132. The van der Waals surface area contributed by atoms with Gasteiger partial charge in [0.1, 0.15) is 0 Å². The molecule has 1 aliphatic rings. The number of nitrogens with zero attached hydrogens (tertiary/aromatic N) is 1. The van der Waals surface area contributed by atoms with Crippen LogP contribution in [0.4, 0.5) is 5.69 Å². The van der Waals surface area contributed by atoms with Gasteiger partial charge < -0.3 is 15.0 Å². The van der Waals surface area contributed by atoms with Crippen molar-refractivity contribution in [3.05, 3.63) is 99.2 Å². The minimum atomic E-state index is -1.86. The quantitative estimate of drug-likeness (QED) is 0.441. The highest BCUT2D eigenvalue weighted by Gasteiger charge is 2.53. The highest BCUT2D eigenvalue weighted by molar-refractivity contribution is 6.31. The molecule has 4 aromatic rings. The van der Waals surface area contributed by atoms with Gasteiger partial charge in [-0.05, 0) is 42.8 Å². The molecule has 1 amide bonds. The molecule has 6 heteroatoms. The Morgan fingerprint density at radius 1 is 1.03 bits per heavy atom. The molecular formula is C24H18Cl2N2O2. The fourth-order valence-electron chi connectivity index (χ4n) is 4.39. The highest BCUT2D eigenvalue weighted by atomic mass is 35.5. The van der Waals surface area contributed by atoms with Crippen molar-refractivity contribution in [1.82, 2.24) is 4.98 Å². The van der Waals surface area contributed by atoms with Crippen LogP contribution in [0.3, 0.4) is 0 Å². The number of amides is 1. The van der Waals surface area contributed by atoms with Crippen molar-refractivity contribution in [3.8, 4) is 0 Å². The average Bonchev–Trinajstić information content (AvgIpc) is 3.17. The zero-order valence-electron chi connectivity index (χ0n) is 16.1. The molecule has 0 radical (unpaired) electrons. The molecule has 1 aromatic heterocycles. The van der Waals surface area contributed by atoms with Crippen molar-refractivity contribution < 1.29 is 9.90 Å². The highest BCUT2D eigenvalue weighted by Crippen LogP contribution is 2.48. The molecule has 0 bridgehead atoms. The Morgan fingerprint density at radius 3 is 2.57 bits per heavy atom. The van der Waals surface area contributed by atoms with E-state index in [2.05, 4.69) is 4.98 Å². The number of aliphatic hydroxyl groups is 1. The molecule has 2 N–H and O–H groups in total. The van der Waals surface area contributed by atoms with Crippen molar-refractivity contribution in [1.29, 1.82) is 0 Å².